The number of alkyl halides is 2. The third-order valence-electron chi connectivity index (χ3n) is 2.43. The number of rotatable bonds is 2. The summed E-state index contributed by atoms with van der Waals surface area (Å²) in [4.78, 5) is 9.07. The van der Waals surface area contributed by atoms with Gasteiger partial charge in [-0.25, -0.2) is 13.8 Å². The molecule has 1 fully saturated rings. The van der Waals surface area contributed by atoms with Gasteiger partial charge in [0.2, 0.25) is 5.95 Å². The van der Waals surface area contributed by atoms with E-state index in [1.165, 1.54) is 0 Å². The molecule has 1 saturated heterocycles. The molecule has 8 heteroatoms. The number of ether oxygens (including phenoxy) is 1. The lowest BCUT2D eigenvalue weighted by Gasteiger charge is -2.29. The van der Waals surface area contributed by atoms with Crippen molar-refractivity contribution in [3.05, 3.63) is 10.7 Å². The molecule has 0 aromatic carbocycles. The summed E-state index contributed by atoms with van der Waals surface area (Å²) in [6, 6.07) is 0. The lowest BCUT2D eigenvalue weighted by molar-refractivity contribution is 0.120. The first-order chi connectivity index (χ1) is 8.09. The van der Waals surface area contributed by atoms with Gasteiger partial charge in [-0.2, -0.15) is 4.98 Å². The van der Waals surface area contributed by atoms with Crippen molar-refractivity contribution in [2.24, 2.45) is 0 Å². The van der Waals surface area contributed by atoms with Gasteiger partial charge in [-0.05, 0) is 0 Å². The van der Waals surface area contributed by atoms with Crippen molar-refractivity contribution in [1.82, 2.24) is 9.97 Å². The van der Waals surface area contributed by atoms with E-state index in [9.17, 15) is 8.78 Å². The third kappa shape index (κ3) is 2.55. The molecule has 1 aliphatic rings. The van der Waals surface area contributed by atoms with Crippen molar-refractivity contribution in [3.63, 3.8) is 0 Å². The van der Waals surface area contributed by atoms with Crippen LogP contribution in [-0.4, -0.2) is 36.3 Å². The van der Waals surface area contributed by atoms with Gasteiger partial charge in [0.15, 0.2) is 0 Å². The standard InChI is InChI=1S/C9H11ClF2N4O/c10-6-5(7(11)12)8(15-9(13)14-6)16-1-3-17-4-2-16/h7H,1-4H2,(H2,13,14,15). The number of morpholine rings is 1. The van der Waals surface area contributed by atoms with Crippen LogP contribution in [0.25, 0.3) is 0 Å². The molecule has 2 N–H and O–H groups in total. The van der Waals surface area contributed by atoms with Gasteiger partial charge in [0.25, 0.3) is 6.43 Å². The van der Waals surface area contributed by atoms with E-state index in [1.807, 2.05) is 0 Å². The fraction of sp³-hybridized carbons (Fsp3) is 0.556. The molecule has 94 valence electrons. The van der Waals surface area contributed by atoms with E-state index in [4.69, 9.17) is 22.1 Å². The Bertz CT molecular complexity index is 412. The van der Waals surface area contributed by atoms with Gasteiger partial charge in [0.1, 0.15) is 11.0 Å². The predicted molar refractivity (Wildman–Crippen MR) is 59.4 cm³/mol. The zero-order chi connectivity index (χ0) is 12.4. The second-order valence-electron chi connectivity index (χ2n) is 3.51. The number of nitrogen functional groups attached to an aromatic ring is 1. The van der Waals surface area contributed by atoms with Gasteiger partial charge in [-0.15, -0.1) is 0 Å². The molecule has 0 saturated carbocycles. The van der Waals surface area contributed by atoms with Crippen LogP contribution in [0.1, 0.15) is 12.0 Å². The molecule has 0 unspecified atom stereocenters. The Balaban J connectivity index is 2.42. The highest BCUT2D eigenvalue weighted by molar-refractivity contribution is 6.30. The molecule has 0 amide bonds. The van der Waals surface area contributed by atoms with Crippen molar-refractivity contribution >= 4 is 23.4 Å². The lowest BCUT2D eigenvalue weighted by Crippen LogP contribution is -2.37. The summed E-state index contributed by atoms with van der Waals surface area (Å²) in [5, 5.41) is -0.297. The van der Waals surface area contributed by atoms with Gasteiger partial charge in [-0.1, -0.05) is 11.6 Å². The predicted octanol–water partition coefficient (Wildman–Crippen LogP) is 1.49. The van der Waals surface area contributed by atoms with Crippen molar-refractivity contribution in [2.45, 2.75) is 6.43 Å². The molecule has 0 radical (unpaired) electrons. The van der Waals surface area contributed by atoms with Crippen molar-refractivity contribution < 1.29 is 13.5 Å². The summed E-state index contributed by atoms with van der Waals surface area (Å²) in [5.74, 6) is -0.0123. The smallest absolute Gasteiger partial charge is 0.270 e. The minimum atomic E-state index is -2.74. The summed E-state index contributed by atoms with van der Waals surface area (Å²) in [6.45, 7) is 1.88. The van der Waals surface area contributed by atoms with E-state index >= 15 is 0 Å². The molecular weight excluding hydrogens is 254 g/mol. The van der Waals surface area contributed by atoms with Gasteiger partial charge in [0.05, 0.1) is 18.8 Å². The van der Waals surface area contributed by atoms with Gasteiger partial charge >= 0.3 is 0 Å². The quantitative estimate of drug-likeness (QED) is 0.820. The highest BCUT2D eigenvalue weighted by Crippen LogP contribution is 2.34. The Morgan fingerprint density at radius 1 is 1.29 bits per heavy atom. The van der Waals surface area contributed by atoms with Crippen molar-refractivity contribution in [2.75, 3.05) is 36.9 Å². The van der Waals surface area contributed by atoms with Crippen molar-refractivity contribution in [3.8, 4) is 0 Å². The van der Waals surface area contributed by atoms with Crippen LogP contribution in [0.3, 0.4) is 0 Å². The minimum absolute atomic E-state index is 0.0980. The maximum absolute atomic E-state index is 12.9. The molecule has 17 heavy (non-hydrogen) atoms. The molecule has 2 rings (SSSR count). The molecule has 0 aliphatic carbocycles. The monoisotopic (exact) mass is 264 g/mol. The summed E-state index contributed by atoms with van der Waals surface area (Å²) in [6.07, 6.45) is -2.74. The van der Waals surface area contributed by atoms with Gasteiger partial charge in [-0.3, -0.25) is 0 Å². The number of hydrogen-bond donors (Lipinski definition) is 1. The first-order valence-corrected chi connectivity index (χ1v) is 5.41. The van der Waals surface area contributed by atoms with E-state index in [-0.39, 0.29) is 22.5 Å². The fourth-order valence-electron chi connectivity index (χ4n) is 1.65. The SMILES string of the molecule is Nc1nc(Cl)c(C(F)F)c(N2CCOCC2)n1. The normalized spacial score (nSPS) is 16.6. The van der Waals surface area contributed by atoms with E-state index in [1.54, 1.807) is 4.90 Å². The van der Waals surface area contributed by atoms with Crippen LogP contribution >= 0.6 is 11.6 Å². The Labute approximate surface area is 102 Å². The van der Waals surface area contributed by atoms with Crippen LogP contribution in [0, 0.1) is 0 Å². The second-order valence-corrected chi connectivity index (χ2v) is 3.87. The molecular formula is C9H11ClF2N4O. The molecule has 0 atom stereocenters. The zero-order valence-corrected chi connectivity index (χ0v) is 9.62. The minimum Gasteiger partial charge on any atom is -0.378 e. The number of aromatic nitrogens is 2. The first kappa shape index (κ1) is 12.3. The molecule has 1 aliphatic heterocycles. The maximum atomic E-state index is 12.9. The van der Waals surface area contributed by atoms with Crippen LogP contribution in [-0.2, 0) is 4.74 Å². The maximum Gasteiger partial charge on any atom is 0.270 e. The second kappa shape index (κ2) is 4.97. The Hall–Kier alpha value is -1.21. The van der Waals surface area contributed by atoms with Crippen LogP contribution < -0.4 is 10.6 Å². The molecule has 0 spiro atoms. The Kier molecular flexibility index (Phi) is 3.58. The van der Waals surface area contributed by atoms with Crippen molar-refractivity contribution in [1.29, 1.82) is 0 Å². The van der Waals surface area contributed by atoms with Crippen LogP contribution in [0.4, 0.5) is 20.5 Å². The topological polar surface area (TPSA) is 64.3 Å². The summed E-state index contributed by atoms with van der Waals surface area (Å²) < 4.78 is 31.0. The van der Waals surface area contributed by atoms with Crippen LogP contribution in [0.5, 0.6) is 0 Å². The molecule has 0 bridgehead atoms. The lowest BCUT2D eigenvalue weighted by atomic mass is 10.2. The van der Waals surface area contributed by atoms with E-state index in [0.717, 1.165) is 0 Å². The molecule has 1 aromatic heterocycles. The molecule has 2 heterocycles. The molecule has 5 nitrogen and oxygen atoms in total. The number of nitrogens with zero attached hydrogens (tertiary/aromatic N) is 3. The number of hydrogen-bond acceptors (Lipinski definition) is 5. The van der Waals surface area contributed by atoms with Gasteiger partial charge < -0.3 is 15.4 Å². The summed E-state index contributed by atoms with van der Waals surface area (Å²) in [7, 11) is 0. The summed E-state index contributed by atoms with van der Waals surface area (Å²) in [5.41, 5.74) is 5.05. The first-order valence-electron chi connectivity index (χ1n) is 5.03. The average molecular weight is 265 g/mol. The number of nitrogens with two attached hydrogens (primary N) is 1. The van der Waals surface area contributed by atoms with E-state index < -0.39 is 6.43 Å². The highest BCUT2D eigenvalue weighted by atomic mass is 35.5. The van der Waals surface area contributed by atoms with E-state index in [2.05, 4.69) is 9.97 Å². The number of halogens is 3. The highest BCUT2D eigenvalue weighted by Gasteiger charge is 2.25. The van der Waals surface area contributed by atoms with E-state index in [0.29, 0.717) is 26.3 Å². The third-order valence-corrected chi connectivity index (χ3v) is 2.71. The molecule has 1 aromatic rings. The van der Waals surface area contributed by atoms with Crippen LogP contribution in [0.2, 0.25) is 5.15 Å². The Morgan fingerprint density at radius 2 is 1.94 bits per heavy atom. The zero-order valence-electron chi connectivity index (χ0n) is 8.87. The number of anilines is 2. The Morgan fingerprint density at radius 3 is 2.53 bits per heavy atom. The summed E-state index contributed by atoms with van der Waals surface area (Å²) >= 11 is 5.68. The van der Waals surface area contributed by atoms with Gasteiger partial charge in [0, 0.05) is 13.1 Å². The fourth-order valence-corrected chi connectivity index (χ4v) is 1.90. The largest absolute Gasteiger partial charge is 0.378 e. The average Bonchev–Trinajstić information content (AvgIpc) is 2.28. The van der Waals surface area contributed by atoms with Crippen LogP contribution in [0.15, 0.2) is 0 Å².